The maximum atomic E-state index is 5.60. The van der Waals surface area contributed by atoms with E-state index in [-0.39, 0.29) is 0 Å². The van der Waals surface area contributed by atoms with Gasteiger partial charge in [-0.3, -0.25) is 4.90 Å². The van der Waals surface area contributed by atoms with Crippen LogP contribution in [0.4, 0.5) is 0 Å². The quantitative estimate of drug-likeness (QED) is 0.791. The third-order valence-electron chi connectivity index (χ3n) is 4.03. The van der Waals surface area contributed by atoms with Crippen LogP contribution in [-0.2, 0) is 4.74 Å². The largest absolute Gasteiger partial charge is 0.380 e. The molecule has 94 valence electrons. The van der Waals surface area contributed by atoms with Crippen molar-refractivity contribution in [3.63, 3.8) is 0 Å². The molecule has 0 spiro atoms. The summed E-state index contributed by atoms with van der Waals surface area (Å²) in [7, 11) is 0. The van der Waals surface area contributed by atoms with E-state index in [0.29, 0.717) is 12.1 Å². The zero-order valence-corrected chi connectivity index (χ0v) is 10.7. The summed E-state index contributed by atoms with van der Waals surface area (Å²) in [6.07, 6.45) is 5.17. The van der Waals surface area contributed by atoms with Crippen LogP contribution in [0.5, 0.6) is 0 Å². The minimum Gasteiger partial charge on any atom is -0.380 e. The second-order valence-corrected chi connectivity index (χ2v) is 5.24. The predicted molar refractivity (Wildman–Crippen MR) is 66.7 cm³/mol. The molecule has 16 heavy (non-hydrogen) atoms. The molecule has 0 aliphatic carbocycles. The molecule has 3 nitrogen and oxygen atoms in total. The van der Waals surface area contributed by atoms with Gasteiger partial charge in [-0.15, -0.1) is 0 Å². The van der Waals surface area contributed by atoms with Crippen LogP contribution in [0, 0.1) is 0 Å². The van der Waals surface area contributed by atoms with Gasteiger partial charge in [-0.2, -0.15) is 0 Å². The van der Waals surface area contributed by atoms with Gasteiger partial charge in [0, 0.05) is 31.3 Å². The fraction of sp³-hybridized carbons (Fsp3) is 1.00. The average molecular weight is 226 g/mol. The first-order valence-electron chi connectivity index (χ1n) is 6.88. The highest BCUT2D eigenvalue weighted by atomic mass is 16.5. The monoisotopic (exact) mass is 226 g/mol. The lowest BCUT2D eigenvalue weighted by atomic mass is 9.95. The molecule has 0 amide bonds. The van der Waals surface area contributed by atoms with Gasteiger partial charge in [0.1, 0.15) is 0 Å². The zero-order valence-electron chi connectivity index (χ0n) is 10.7. The molecule has 1 N–H and O–H groups in total. The van der Waals surface area contributed by atoms with Crippen LogP contribution in [-0.4, -0.2) is 49.3 Å². The molecule has 2 aliphatic heterocycles. The first-order valence-corrected chi connectivity index (χ1v) is 6.88. The number of nitrogens with zero attached hydrogens (tertiary/aromatic N) is 1. The second kappa shape index (κ2) is 5.99. The van der Waals surface area contributed by atoms with Gasteiger partial charge in [0.2, 0.25) is 0 Å². The van der Waals surface area contributed by atoms with Gasteiger partial charge in [-0.1, -0.05) is 6.92 Å². The molecule has 2 heterocycles. The van der Waals surface area contributed by atoms with Crippen molar-refractivity contribution in [2.45, 2.75) is 57.7 Å². The molecule has 0 saturated carbocycles. The molecule has 3 heteroatoms. The van der Waals surface area contributed by atoms with Crippen molar-refractivity contribution in [2.75, 3.05) is 26.3 Å². The minimum absolute atomic E-state index is 0.686. The Bertz CT molecular complexity index is 204. The van der Waals surface area contributed by atoms with Crippen LogP contribution >= 0.6 is 0 Å². The molecule has 0 aromatic carbocycles. The van der Waals surface area contributed by atoms with Crippen molar-refractivity contribution in [1.29, 1.82) is 0 Å². The SMILES string of the molecule is CCNC1CCN(C2CCCOC2)C(C)C1. The molecule has 2 rings (SSSR count). The van der Waals surface area contributed by atoms with E-state index in [9.17, 15) is 0 Å². The van der Waals surface area contributed by atoms with Gasteiger partial charge in [-0.05, 0) is 39.2 Å². The maximum absolute atomic E-state index is 5.60. The molecule has 3 atom stereocenters. The average Bonchev–Trinajstić information content (AvgIpc) is 2.31. The summed E-state index contributed by atoms with van der Waals surface area (Å²) in [5.41, 5.74) is 0. The van der Waals surface area contributed by atoms with E-state index >= 15 is 0 Å². The van der Waals surface area contributed by atoms with E-state index in [1.807, 2.05) is 0 Å². The zero-order chi connectivity index (χ0) is 11.4. The number of piperidine rings is 1. The Labute approximate surface area is 99.5 Å². The van der Waals surface area contributed by atoms with Crippen LogP contribution in [0.3, 0.4) is 0 Å². The van der Waals surface area contributed by atoms with Gasteiger partial charge >= 0.3 is 0 Å². The first kappa shape index (κ1) is 12.3. The topological polar surface area (TPSA) is 24.5 Å². The molecular formula is C13H26N2O. The van der Waals surface area contributed by atoms with Crippen molar-refractivity contribution in [3.8, 4) is 0 Å². The van der Waals surface area contributed by atoms with E-state index in [0.717, 1.165) is 25.8 Å². The fourth-order valence-corrected chi connectivity index (χ4v) is 3.19. The molecule has 3 unspecified atom stereocenters. The number of nitrogens with one attached hydrogen (secondary N) is 1. The summed E-state index contributed by atoms with van der Waals surface area (Å²) < 4.78 is 5.60. The third-order valence-corrected chi connectivity index (χ3v) is 4.03. The predicted octanol–water partition coefficient (Wildman–Crippen LogP) is 1.63. The van der Waals surface area contributed by atoms with E-state index in [1.54, 1.807) is 0 Å². The first-order chi connectivity index (χ1) is 7.81. The van der Waals surface area contributed by atoms with E-state index in [2.05, 4.69) is 24.1 Å². The highest BCUT2D eigenvalue weighted by Gasteiger charge is 2.30. The number of ether oxygens (including phenoxy) is 1. The van der Waals surface area contributed by atoms with Crippen LogP contribution in [0.1, 0.15) is 39.5 Å². The fourth-order valence-electron chi connectivity index (χ4n) is 3.19. The molecule has 0 aromatic rings. The van der Waals surface area contributed by atoms with Gasteiger partial charge in [0.05, 0.1) is 6.61 Å². The summed E-state index contributed by atoms with van der Waals surface area (Å²) in [6, 6.07) is 2.14. The molecule has 2 fully saturated rings. The number of hydrogen-bond donors (Lipinski definition) is 1. The van der Waals surface area contributed by atoms with Crippen LogP contribution in [0.25, 0.3) is 0 Å². The van der Waals surface area contributed by atoms with Gasteiger partial charge in [0.15, 0.2) is 0 Å². The molecule has 0 bridgehead atoms. The Hall–Kier alpha value is -0.120. The highest BCUT2D eigenvalue weighted by molar-refractivity contribution is 4.87. The van der Waals surface area contributed by atoms with E-state index in [1.165, 1.54) is 32.2 Å². The summed E-state index contributed by atoms with van der Waals surface area (Å²) in [6.45, 7) is 8.84. The minimum atomic E-state index is 0.686. The number of hydrogen-bond acceptors (Lipinski definition) is 3. The molecule has 2 aliphatic rings. The smallest absolute Gasteiger partial charge is 0.0621 e. The summed E-state index contributed by atoms with van der Waals surface area (Å²) in [4.78, 5) is 2.67. The van der Waals surface area contributed by atoms with Crippen LogP contribution < -0.4 is 5.32 Å². The summed E-state index contributed by atoms with van der Waals surface area (Å²) in [5, 5.41) is 3.58. The Balaban J connectivity index is 1.83. The van der Waals surface area contributed by atoms with Crippen molar-refractivity contribution < 1.29 is 4.74 Å². The Morgan fingerprint density at radius 3 is 2.88 bits per heavy atom. The summed E-state index contributed by atoms with van der Waals surface area (Å²) >= 11 is 0. The number of likely N-dealkylation sites (tertiary alicyclic amines) is 1. The molecular weight excluding hydrogens is 200 g/mol. The number of rotatable bonds is 3. The molecule has 0 aromatic heterocycles. The molecule has 2 saturated heterocycles. The lowest BCUT2D eigenvalue weighted by molar-refractivity contribution is -0.0121. The lowest BCUT2D eigenvalue weighted by Crippen LogP contribution is -2.53. The third kappa shape index (κ3) is 2.96. The van der Waals surface area contributed by atoms with Gasteiger partial charge < -0.3 is 10.1 Å². The van der Waals surface area contributed by atoms with Crippen molar-refractivity contribution in [3.05, 3.63) is 0 Å². The Morgan fingerprint density at radius 1 is 1.38 bits per heavy atom. The standard InChI is InChI=1S/C13H26N2O/c1-3-14-12-6-7-15(11(2)9-12)13-5-4-8-16-10-13/h11-14H,3-10H2,1-2H3. The highest BCUT2D eigenvalue weighted by Crippen LogP contribution is 2.23. The van der Waals surface area contributed by atoms with E-state index < -0.39 is 0 Å². The van der Waals surface area contributed by atoms with Crippen molar-refractivity contribution in [1.82, 2.24) is 10.2 Å². The lowest BCUT2D eigenvalue weighted by Gasteiger charge is -2.43. The maximum Gasteiger partial charge on any atom is 0.0621 e. The Morgan fingerprint density at radius 2 is 2.25 bits per heavy atom. The second-order valence-electron chi connectivity index (χ2n) is 5.24. The van der Waals surface area contributed by atoms with Crippen LogP contribution in [0.2, 0.25) is 0 Å². The van der Waals surface area contributed by atoms with Gasteiger partial charge in [0.25, 0.3) is 0 Å². The van der Waals surface area contributed by atoms with Crippen molar-refractivity contribution in [2.24, 2.45) is 0 Å². The molecule has 0 radical (unpaired) electrons. The normalized spacial score (nSPS) is 37.5. The van der Waals surface area contributed by atoms with E-state index in [4.69, 9.17) is 4.74 Å². The summed E-state index contributed by atoms with van der Waals surface area (Å²) in [5.74, 6) is 0. The van der Waals surface area contributed by atoms with Gasteiger partial charge in [-0.25, -0.2) is 0 Å². The van der Waals surface area contributed by atoms with Crippen molar-refractivity contribution >= 4 is 0 Å². The Kier molecular flexibility index (Phi) is 4.62. The van der Waals surface area contributed by atoms with Crippen LogP contribution in [0.15, 0.2) is 0 Å².